The van der Waals surface area contributed by atoms with E-state index >= 15 is 8.78 Å². The molecule has 2 N–H and O–H groups in total. The minimum atomic E-state index is -5.97. The molecule has 1 aliphatic carbocycles. The van der Waals surface area contributed by atoms with Gasteiger partial charge in [0.15, 0.2) is 0 Å². The Hall–Kier alpha value is -2.92. The van der Waals surface area contributed by atoms with Crippen LogP contribution in [-0.2, 0) is 5.41 Å². The van der Waals surface area contributed by atoms with Gasteiger partial charge in [0.05, 0.1) is 5.41 Å². The summed E-state index contributed by atoms with van der Waals surface area (Å²) in [5.41, 5.74) is -6.31. The Kier molecular flexibility index (Phi) is 7.31. The van der Waals surface area contributed by atoms with Crippen molar-refractivity contribution in [1.82, 2.24) is 5.32 Å². The number of para-hydroxylation sites is 1. The lowest BCUT2D eigenvalue weighted by Crippen LogP contribution is -2.56. The third-order valence-corrected chi connectivity index (χ3v) is 6.02. The summed E-state index contributed by atoms with van der Waals surface area (Å²) in [6.07, 6.45) is -9.28. The van der Waals surface area contributed by atoms with Crippen molar-refractivity contribution in [3.63, 3.8) is 0 Å². The van der Waals surface area contributed by atoms with Crippen LogP contribution in [0, 0.1) is 6.92 Å². The number of hydrogen-bond acceptors (Lipinski definition) is 3. The van der Waals surface area contributed by atoms with Gasteiger partial charge in [0, 0.05) is 6.54 Å². The number of alkyl halides is 8. The predicted molar refractivity (Wildman–Crippen MR) is 117 cm³/mol. The highest BCUT2D eigenvalue weighted by molar-refractivity contribution is 5.46. The van der Waals surface area contributed by atoms with Gasteiger partial charge in [0.2, 0.25) is 5.72 Å². The smallest absolute Gasteiger partial charge is 0.454 e. The number of benzene rings is 2. The first-order chi connectivity index (χ1) is 16.5. The molecule has 2 aromatic carbocycles. The van der Waals surface area contributed by atoms with Gasteiger partial charge in [-0.1, -0.05) is 54.1 Å². The van der Waals surface area contributed by atoms with Crippen LogP contribution in [0.1, 0.15) is 24.5 Å². The first-order valence-electron chi connectivity index (χ1n) is 10.7. The molecule has 3 rings (SSSR count). The second-order valence-electron chi connectivity index (χ2n) is 8.72. The number of allylic oxidation sites excluding steroid dienone is 3. The van der Waals surface area contributed by atoms with E-state index in [-0.39, 0.29) is 11.3 Å². The van der Waals surface area contributed by atoms with Crippen molar-refractivity contribution in [3.05, 3.63) is 83.5 Å². The molecule has 2 atom stereocenters. The van der Waals surface area contributed by atoms with Crippen LogP contribution >= 0.6 is 0 Å². The van der Waals surface area contributed by atoms with E-state index in [2.05, 4.69) is 0 Å². The average Bonchev–Trinajstić information content (AvgIpc) is 2.78. The molecular weight excluding hydrogens is 498 g/mol. The fraction of sp³-hybridized carbons (Fsp3) is 0.360. The molecular formula is C25H23F8NO2. The highest BCUT2D eigenvalue weighted by atomic mass is 19.4. The summed E-state index contributed by atoms with van der Waals surface area (Å²) in [6.45, 7) is 1.35. The van der Waals surface area contributed by atoms with Crippen LogP contribution in [0.3, 0.4) is 0 Å². The zero-order chi connectivity index (χ0) is 27.0. The van der Waals surface area contributed by atoms with Crippen molar-refractivity contribution in [3.8, 4) is 11.5 Å². The standard InChI is InChI=1S/C25H23F8NO2/c1-16-7-3-4-11-20(16)36-19-10-5-9-18(13-19)22(23(26,27)25(31,32)33)12-6-8-17(14-22)15-34-21(2,35)24(28,29)30/h3-13,34-35H,14-15H2,1-2H3. The highest BCUT2D eigenvalue weighted by Crippen LogP contribution is 2.55. The molecule has 0 fully saturated rings. The Morgan fingerprint density at radius 2 is 1.61 bits per heavy atom. The lowest BCUT2D eigenvalue weighted by atomic mass is 9.68. The summed E-state index contributed by atoms with van der Waals surface area (Å²) >= 11 is 0. The van der Waals surface area contributed by atoms with Gasteiger partial charge in [-0.05, 0) is 49.6 Å². The van der Waals surface area contributed by atoms with Crippen molar-refractivity contribution < 1.29 is 45.0 Å². The molecule has 36 heavy (non-hydrogen) atoms. The van der Waals surface area contributed by atoms with Crippen LogP contribution in [0.25, 0.3) is 0 Å². The van der Waals surface area contributed by atoms with Crippen LogP contribution in [0.15, 0.2) is 72.3 Å². The molecule has 0 radical (unpaired) electrons. The van der Waals surface area contributed by atoms with E-state index in [1.54, 1.807) is 36.5 Å². The molecule has 0 aromatic heterocycles. The maximum atomic E-state index is 15.1. The molecule has 11 heteroatoms. The number of aliphatic hydroxyl groups is 1. The van der Waals surface area contributed by atoms with Gasteiger partial charge in [-0.2, -0.15) is 35.1 Å². The Balaban J connectivity index is 2.01. The van der Waals surface area contributed by atoms with Crippen LogP contribution in [0.5, 0.6) is 11.5 Å². The Morgan fingerprint density at radius 3 is 2.22 bits per heavy atom. The zero-order valence-corrected chi connectivity index (χ0v) is 19.1. The van der Waals surface area contributed by atoms with Crippen molar-refractivity contribution in [2.24, 2.45) is 0 Å². The maximum Gasteiger partial charge on any atom is 0.454 e. The van der Waals surface area contributed by atoms with E-state index in [0.717, 1.165) is 24.3 Å². The molecule has 3 nitrogen and oxygen atoms in total. The van der Waals surface area contributed by atoms with E-state index in [4.69, 9.17) is 4.74 Å². The molecule has 0 saturated heterocycles. The Morgan fingerprint density at radius 1 is 0.944 bits per heavy atom. The fourth-order valence-electron chi connectivity index (χ4n) is 3.81. The van der Waals surface area contributed by atoms with Crippen molar-refractivity contribution in [1.29, 1.82) is 0 Å². The molecule has 0 bridgehead atoms. The fourth-order valence-corrected chi connectivity index (χ4v) is 3.81. The highest BCUT2D eigenvalue weighted by Gasteiger charge is 2.69. The van der Waals surface area contributed by atoms with Gasteiger partial charge in [-0.3, -0.25) is 5.32 Å². The monoisotopic (exact) mass is 521 g/mol. The lowest BCUT2D eigenvalue weighted by Gasteiger charge is -2.42. The molecule has 1 aliphatic rings. The van der Waals surface area contributed by atoms with Crippen LogP contribution < -0.4 is 10.1 Å². The topological polar surface area (TPSA) is 41.5 Å². The molecule has 0 amide bonds. The average molecular weight is 521 g/mol. The third-order valence-electron chi connectivity index (χ3n) is 6.02. The van der Waals surface area contributed by atoms with Crippen LogP contribution in [0.2, 0.25) is 0 Å². The van der Waals surface area contributed by atoms with Gasteiger partial charge in [0.1, 0.15) is 11.5 Å². The molecule has 2 aromatic rings. The first-order valence-corrected chi connectivity index (χ1v) is 10.7. The number of nitrogens with one attached hydrogen (secondary N) is 1. The van der Waals surface area contributed by atoms with Gasteiger partial charge in [-0.25, -0.2) is 0 Å². The zero-order valence-electron chi connectivity index (χ0n) is 19.1. The molecule has 196 valence electrons. The van der Waals surface area contributed by atoms with Gasteiger partial charge in [0.25, 0.3) is 0 Å². The summed E-state index contributed by atoms with van der Waals surface area (Å²) < 4.78 is 116. The minimum absolute atomic E-state index is 0.00165. The summed E-state index contributed by atoms with van der Waals surface area (Å²) in [5, 5.41) is 11.4. The Labute approximate surface area is 202 Å². The van der Waals surface area contributed by atoms with E-state index in [9.17, 15) is 31.4 Å². The third kappa shape index (κ3) is 5.27. The summed E-state index contributed by atoms with van der Waals surface area (Å²) in [7, 11) is 0. The second kappa shape index (κ2) is 9.51. The van der Waals surface area contributed by atoms with Crippen molar-refractivity contribution >= 4 is 0 Å². The normalized spacial score (nSPS) is 20.6. The van der Waals surface area contributed by atoms with E-state index in [0.29, 0.717) is 24.3 Å². The summed E-state index contributed by atoms with van der Waals surface area (Å²) in [6, 6.07) is 11.5. The second-order valence-corrected chi connectivity index (χ2v) is 8.72. The number of rotatable bonds is 7. The largest absolute Gasteiger partial charge is 0.457 e. The predicted octanol–water partition coefficient (Wildman–Crippen LogP) is 6.97. The van der Waals surface area contributed by atoms with Crippen LogP contribution in [-0.4, -0.2) is 35.7 Å². The van der Waals surface area contributed by atoms with Gasteiger partial charge >= 0.3 is 18.3 Å². The van der Waals surface area contributed by atoms with Gasteiger partial charge < -0.3 is 9.84 Å². The number of aryl methyl sites for hydroxylation is 1. The number of ether oxygens (including phenoxy) is 1. The number of halogens is 8. The Bertz CT molecular complexity index is 1150. The molecule has 0 aliphatic heterocycles. The van der Waals surface area contributed by atoms with E-state index < -0.39 is 47.9 Å². The van der Waals surface area contributed by atoms with Crippen LogP contribution in [0.4, 0.5) is 35.1 Å². The molecule has 2 unspecified atom stereocenters. The molecule has 0 heterocycles. The first kappa shape index (κ1) is 27.7. The molecule has 0 saturated carbocycles. The van der Waals surface area contributed by atoms with Crippen molar-refractivity contribution in [2.45, 2.75) is 49.7 Å². The number of hydrogen-bond donors (Lipinski definition) is 2. The summed E-state index contributed by atoms with van der Waals surface area (Å²) in [5.74, 6) is -4.93. The van der Waals surface area contributed by atoms with Gasteiger partial charge in [-0.15, -0.1) is 0 Å². The molecule has 0 spiro atoms. The SMILES string of the molecule is Cc1ccccc1Oc1cccc(C2(C(F)(F)C(F)(F)F)C=CC=C(CNC(C)(O)C(F)(F)F)C2)c1. The van der Waals surface area contributed by atoms with E-state index in [1.165, 1.54) is 12.1 Å². The minimum Gasteiger partial charge on any atom is -0.457 e. The lowest BCUT2D eigenvalue weighted by molar-refractivity contribution is -0.303. The quantitative estimate of drug-likeness (QED) is 0.306. The van der Waals surface area contributed by atoms with E-state index in [1.807, 2.05) is 0 Å². The summed E-state index contributed by atoms with van der Waals surface area (Å²) in [4.78, 5) is 0. The maximum absolute atomic E-state index is 15.1. The van der Waals surface area contributed by atoms with Crippen molar-refractivity contribution in [2.75, 3.05) is 6.54 Å².